The van der Waals surface area contributed by atoms with Crippen LogP contribution in [0.5, 0.6) is 11.5 Å². The van der Waals surface area contributed by atoms with Gasteiger partial charge in [-0.2, -0.15) is 0 Å². The number of anilines is 1. The minimum Gasteiger partial charge on any atom is -0.493 e. The van der Waals surface area contributed by atoms with Crippen molar-refractivity contribution in [3.05, 3.63) is 46.4 Å². The molecule has 0 saturated carbocycles. The van der Waals surface area contributed by atoms with Crippen LogP contribution in [0.2, 0.25) is 0 Å². The number of methoxy groups -OCH3 is 2. The Morgan fingerprint density at radius 1 is 1.12 bits per heavy atom. The van der Waals surface area contributed by atoms with Gasteiger partial charge in [0.2, 0.25) is 5.91 Å². The fourth-order valence-electron chi connectivity index (χ4n) is 2.11. The summed E-state index contributed by atoms with van der Waals surface area (Å²) in [5.74, 6) is 1.28. The van der Waals surface area contributed by atoms with E-state index in [9.17, 15) is 4.79 Å². The normalized spacial score (nSPS) is 11.7. The highest BCUT2D eigenvalue weighted by molar-refractivity contribution is 9.10. The average Bonchev–Trinajstić information content (AvgIpc) is 2.57. The number of hydrogen-bond donors (Lipinski definition) is 1. The number of rotatable bonds is 6. The first-order chi connectivity index (χ1) is 11.4. The van der Waals surface area contributed by atoms with Crippen molar-refractivity contribution >= 4 is 39.3 Å². The van der Waals surface area contributed by atoms with Crippen molar-refractivity contribution in [3.8, 4) is 11.5 Å². The molecule has 0 aliphatic heterocycles. The van der Waals surface area contributed by atoms with Gasteiger partial charge >= 0.3 is 0 Å². The van der Waals surface area contributed by atoms with Crippen LogP contribution >= 0.6 is 27.7 Å². The zero-order valence-electron chi connectivity index (χ0n) is 14.1. The molecule has 1 amide bonds. The van der Waals surface area contributed by atoms with Crippen molar-refractivity contribution in [1.82, 2.24) is 0 Å². The summed E-state index contributed by atoms with van der Waals surface area (Å²) in [5, 5.41) is 2.70. The Kier molecular flexibility index (Phi) is 6.57. The maximum Gasteiger partial charge on any atom is 0.237 e. The van der Waals surface area contributed by atoms with Gasteiger partial charge in [-0.15, -0.1) is 11.8 Å². The second kappa shape index (κ2) is 8.44. The maximum absolute atomic E-state index is 12.4. The molecule has 0 bridgehead atoms. The molecule has 128 valence electrons. The van der Waals surface area contributed by atoms with Crippen LogP contribution in [0.15, 0.2) is 45.8 Å². The number of nitrogens with one attached hydrogen (secondary N) is 1. The van der Waals surface area contributed by atoms with Gasteiger partial charge in [0.1, 0.15) is 0 Å². The third-order valence-electron chi connectivity index (χ3n) is 3.46. The van der Waals surface area contributed by atoms with Gasteiger partial charge in [0, 0.05) is 15.1 Å². The predicted octanol–water partition coefficient (Wildman–Crippen LogP) is 4.89. The first kappa shape index (κ1) is 18.7. The van der Waals surface area contributed by atoms with Crippen molar-refractivity contribution in [2.24, 2.45) is 0 Å². The molecule has 0 heterocycles. The van der Waals surface area contributed by atoms with Gasteiger partial charge < -0.3 is 14.8 Å². The van der Waals surface area contributed by atoms with E-state index in [1.807, 2.05) is 50.2 Å². The SMILES string of the molecule is COc1ccc(SC(C)C(=O)Nc2ccc(Br)c(C)c2)cc1OC. The highest BCUT2D eigenvalue weighted by Crippen LogP contribution is 2.33. The molecule has 1 unspecified atom stereocenters. The third-order valence-corrected chi connectivity index (χ3v) is 5.45. The quantitative estimate of drug-likeness (QED) is 0.689. The predicted molar refractivity (Wildman–Crippen MR) is 102 cm³/mol. The van der Waals surface area contributed by atoms with Gasteiger partial charge in [-0.1, -0.05) is 15.9 Å². The minimum atomic E-state index is -0.243. The number of aryl methyl sites for hydroxylation is 1. The van der Waals surface area contributed by atoms with Crippen LogP contribution in [0, 0.1) is 6.92 Å². The minimum absolute atomic E-state index is 0.0449. The molecule has 24 heavy (non-hydrogen) atoms. The second-order valence-corrected chi connectivity index (χ2v) is 7.50. The van der Waals surface area contributed by atoms with Crippen LogP contribution in [0.3, 0.4) is 0 Å². The van der Waals surface area contributed by atoms with E-state index in [4.69, 9.17) is 9.47 Å². The van der Waals surface area contributed by atoms with Gasteiger partial charge in [-0.05, 0) is 55.8 Å². The van der Waals surface area contributed by atoms with Crippen molar-refractivity contribution in [1.29, 1.82) is 0 Å². The molecule has 0 saturated heterocycles. The van der Waals surface area contributed by atoms with Gasteiger partial charge in [-0.25, -0.2) is 0 Å². The van der Waals surface area contributed by atoms with E-state index in [1.165, 1.54) is 11.8 Å². The Hall–Kier alpha value is -1.66. The van der Waals surface area contributed by atoms with Crippen LogP contribution in [0.25, 0.3) is 0 Å². The molecule has 2 aromatic carbocycles. The summed E-state index contributed by atoms with van der Waals surface area (Å²) >= 11 is 4.93. The Morgan fingerprint density at radius 3 is 2.46 bits per heavy atom. The number of amides is 1. The number of carbonyl (C=O) groups is 1. The van der Waals surface area contributed by atoms with Crippen LogP contribution < -0.4 is 14.8 Å². The first-order valence-electron chi connectivity index (χ1n) is 7.40. The molecule has 2 aromatic rings. The standard InChI is InChI=1S/C18H20BrNO3S/c1-11-9-13(5-7-15(11)19)20-18(21)12(2)24-14-6-8-16(22-3)17(10-14)23-4/h5-10,12H,1-4H3,(H,20,21). The summed E-state index contributed by atoms with van der Waals surface area (Å²) in [6, 6.07) is 11.4. The molecule has 4 nitrogen and oxygen atoms in total. The summed E-state index contributed by atoms with van der Waals surface area (Å²) in [6.45, 7) is 3.87. The molecule has 1 N–H and O–H groups in total. The summed E-state index contributed by atoms with van der Waals surface area (Å²) in [6.07, 6.45) is 0. The number of ether oxygens (including phenoxy) is 2. The van der Waals surface area contributed by atoms with Crippen molar-refractivity contribution in [2.75, 3.05) is 19.5 Å². The fourth-order valence-corrected chi connectivity index (χ4v) is 3.26. The smallest absolute Gasteiger partial charge is 0.237 e. The largest absolute Gasteiger partial charge is 0.493 e. The molecule has 0 spiro atoms. The molecule has 0 fully saturated rings. The molecule has 0 aromatic heterocycles. The second-order valence-electron chi connectivity index (χ2n) is 5.23. The Balaban J connectivity index is 2.04. The van der Waals surface area contributed by atoms with E-state index in [2.05, 4.69) is 21.2 Å². The monoisotopic (exact) mass is 409 g/mol. The topological polar surface area (TPSA) is 47.6 Å². The van der Waals surface area contributed by atoms with Crippen molar-refractivity contribution in [2.45, 2.75) is 24.0 Å². The zero-order chi connectivity index (χ0) is 17.7. The van der Waals surface area contributed by atoms with E-state index < -0.39 is 0 Å². The van der Waals surface area contributed by atoms with Gasteiger partial charge in [-0.3, -0.25) is 4.79 Å². The van der Waals surface area contributed by atoms with E-state index in [-0.39, 0.29) is 11.2 Å². The zero-order valence-corrected chi connectivity index (χ0v) is 16.5. The molecular weight excluding hydrogens is 390 g/mol. The van der Waals surface area contributed by atoms with Crippen LogP contribution in [-0.2, 0) is 4.79 Å². The summed E-state index contributed by atoms with van der Waals surface area (Å²) in [7, 11) is 3.19. The Labute approximate surface area is 155 Å². The summed E-state index contributed by atoms with van der Waals surface area (Å²) < 4.78 is 11.5. The van der Waals surface area contributed by atoms with Crippen LogP contribution in [0.1, 0.15) is 12.5 Å². The van der Waals surface area contributed by atoms with Gasteiger partial charge in [0.25, 0.3) is 0 Å². The van der Waals surface area contributed by atoms with Crippen LogP contribution in [-0.4, -0.2) is 25.4 Å². The average molecular weight is 410 g/mol. The third kappa shape index (κ3) is 4.68. The Bertz CT molecular complexity index is 736. The lowest BCUT2D eigenvalue weighted by atomic mass is 10.2. The lowest BCUT2D eigenvalue weighted by molar-refractivity contribution is -0.115. The van der Waals surface area contributed by atoms with E-state index in [0.29, 0.717) is 11.5 Å². The number of hydrogen-bond acceptors (Lipinski definition) is 4. The number of benzene rings is 2. The molecule has 0 radical (unpaired) electrons. The molecule has 2 rings (SSSR count). The molecule has 6 heteroatoms. The van der Waals surface area contributed by atoms with Gasteiger partial charge in [0.15, 0.2) is 11.5 Å². The van der Waals surface area contributed by atoms with Crippen molar-refractivity contribution in [3.63, 3.8) is 0 Å². The van der Waals surface area contributed by atoms with E-state index in [0.717, 1.165) is 20.6 Å². The summed E-state index contributed by atoms with van der Waals surface area (Å²) in [4.78, 5) is 13.3. The lowest BCUT2D eigenvalue weighted by Crippen LogP contribution is -2.22. The molecule has 1 atom stereocenters. The molecule has 0 aliphatic rings. The highest BCUT2D eigenvalue weighted by Gasteiger charge is 2.16. The molecule has 0 aliphatic carbocycles. The Morgan fingerprint density at radius 2 is 1.83 bits per heavy atom. The molecular formula is C18H20BrNO3S. The maximum atomic E-state index is 12.4. The highest BCUT2D eigenvalue weighted by atomic mass is 79.9. The number of carbonyl (C=O) groups excluding carboxylic acids is 1. The van der Waals surface area contributed by atoms with Crippen molar-refractivity contribution < 1.29 is 14.3 Å². The van der Waals surface area contributed by atoms with E-state index >= 15 is 0 Å². The first-order valence-corrected chi connectivity index (χ1v) is 9.07. The lowest BCUT2D eigenvalue weighted by Gasteiger charge is -2.14. The summed E-state index contributed by atoms with van der Waals surface area (Å²) in [5.41, 5.74) is 1.87. The number of halogens is 1. The van der Waals surface area contributed by atoms with E-state index in [1.54, 1.807) is 14.2 Å². The van der Waals surface area contributed by atoms with Gasteiger partial charge in [0.05, 0.1) is 19.5 Å². The number of thioether (sulfide) groups is 1. The fraction of sp³-hybridized carbons (Fsp3) is 0.278. The van der Waals surface area contributed by atoms with Crippen LogP contribution in [0.4, 0.5) is 5.69 Å².